The van der Waals surface area contributed by atoms with Crippen LogP contribution in [0.2, 0.25) is 0 Å². The molecule has 0 spiro atoms. The van der Waals surface area contributed by atoms with Crippen molar-refractivity contribution in [2.75, 3.05) is 6.54 Å². The first-order chi connectivity index (χ1) is 24.8. The molecule has 7 rings (SSSR count). The average molecular weight is 753 g/mol. The van der Waals surface area contributed by atoms with E-state index in [0.717, 1.165) is 17.7 Å². The normalized spacial score (nSPS) is 27.4. The van der Waals surface area contributed by atoms with E-state index < -0.39 is 74.4 Å². The van der Waals surface area contributed by atoms with E-state index in [-0.39, 0.29) is 30.8 Å². The van der Waals surface area contributed by atoms with E-state index in [4.69, 9.17) is 4.74 Å². The van der Waals surface area contributed by atoms with Crippen LogP contribution in [-0.2, 0) is 24.4 Å². The van der Waals surface area contributed by atoms with Crippen molar-refractivity contribution in [2.24, 2.45) is 5.92 Å². The van der Waals surface area contributed by atoms with Crippen LogP contribution >= 0.6 is 11.3 Å². The highest BCUT2D eigenvalue weighted by atomic mass is 32.2. The number of aryl methyl sites for hydroxylation is 2. The Morgan fingerprint density at radius 3 is 2.63 bits per heavy atom. The van der Waals surface area contributed by atoms with Gasteiger partial charge >= 0.3 is 0 Å². The second-order valence-corrected chi connectivity index (χ2v) is 17.4. The van der Waals surface area contributed by atoms with Crippen molar-refractivity contribution in [2.45, 2.75) is 101 Å². The third-order valence-corrected chi connectivity index (χ3v) is 13.0. The van der Waals surface area contributed by atoms with Crippen molar-refractivity contribution < 1.29 is 36.7 Å². The Morgan fingerprint density at radius 1 is 1.08 bits per heavy atom. The van der Waals surface area contributed by atoms with Gasteiger partial charge in [-0.15, -0.1) is 11.3 Å². The fourth-order valence-electron chi connectivity index (χ4n) is 7.02. The summed E-state index contributed by atoms with van der Waals surface area (Å²) in [6.45, 7) is 3.47. The molecule has 4 aliphatic rings. The quantitative estimate of drug-likeness (QED) is 0.305. The van der Waals surface area contributed by atoms with E-state index in [0.29, 0.717) is 48.2 Å². The molecule has 3 N–H and O–H groups in total. The third-order valence-electron chi connectivity index (χ3n) is 10.2. The molecule has 276 valence electrons. The largest absolute Gasteiger partial charge is 0.471 e. The van der Waals surface area contributed by atoms with E-state index in [9.17, 15) is 32.0 Å². The van der Waals surface area contributed by atoms with Crippen LogP contribution in [0.3, 0.4) is 0 Å². The van der Waals surface area contributed by atoms with Crippen molar-refractivity contribution in [3.05, 3.63) is 63.7 Å². The molecule has 0 bridgehead atoms. The number of thiophene rings is 1. The highest BCUT2D eigenvalue weighted by Crippen LogP contribution is 2.46. The summed E-state index contributed by atoms with van der Waals surface area (Å²) in [5.41, 5.74) is -0.780. The molecule has 1 unspecified atom stereocenters. The predicted octanol–water partition coefficient (Wildman–Crippen LogP) is 3.60. The Morgan fingerprint density at radius 2 is 1.88 bits per heavy atom. The maximum absolute atomic E-state index is 14.7. The summed E-state index contributed by atoms with van der Waals surface area (Å²) in [4.78, 5) is 67.3. The summed E-state index contributed by atoms with van der Waals surface area (Å²) in [6.07, 6.45) is 7.30. The van der Waals surface area contributed by atoms with Gasteiger partial charge < -0.3 is 20.3 Å². The number of carbonyl (C=O) groups excluding carboxylic acids is 4. The molecule has 1 aromatic carbocycles. The average Bonchev–Trinajstić information content (AvgIpc) is 3.99. The van der Waals surface area contributed by atoms with E-state index in [1.807, 2.05) is 25.1 Å². The molecule has 52 heavy (non-hydrogen) atoms. The molecule has 2 aliphatic heterocycles. The lowest BCUT2D eigenvalue weighted by molar-refractivity contribution is -0.141. The van der Waals surface area contributed by atoms with E-state index >= 15 is 0 Å². The van der Waals surface area contributed by atoms with E-state index in [2.05, 4.69) is 25.3 Å². The highest BCUT2D eigenvalue weighted by molar-refractivity contribution is 7.91. The Hall–Kier alpha value is -4.44. The minimum absolute atomic E-state index is 0.0123. The fourth-order valence-corrected chi connectivity index (χ4v) is 9.15. The molecule has 2 aliphatic carbocycles. The number of rotatable bonds is 7. The van der Waals surface area contributed by atoms with Crippen LogP contribution in [0.15, 0.2) is 42.5 Å². The van der Waals surface area contributed by atoms with Crippen molar-refractivity contribution in [3.8, 4) is 5.88 Å². The smallest absolute Gasteiger partial charge is 0.262 e. The number of aromatic nitrogens is 2. The molecule has 4 amide bonds. The number of allylic oxidation sites excluding steroid dienone is 1. The maximum Gasteiger partial charge on any atom is 0.262 e. The van der Waals surface area contributed by atoms with E-state index in [1.165, 1.54) is 28.4 Å². The zero-order chi connectivity index (χ0) is 36.8. The zero-order valence-corrected chi connectivity index (χ0v) is 30.5. The van der Waals surface area contributed by atoms with E-state index in [1.54, 1.807) is 19.1 Å². The second-order valence-electron chi connectivity index (χ2n) is 14.2. The first-order valence-corrected chi connectivity index (χ1v) is 20.0. The molecule has 4 heterocycles. The third kappa shape index (κ3) is 7.40. The van der Waals surface area contributed by atoms with Crippen LogP contribution in [0.5, 0.6) is 5.88 Å². The minimum atomic E-state index is -3.90. The van der Waals surface area contributed by atoms with Gasteiger partial charge in [-0.3, -0.25) is 23.9 Å². The fraction of sp³-hybridized carbons (Fsp3) is 0.500. The second kappa shape index (κ2) is 14.2. The standard InChI is InChI=1S/C36H41FN6O7S2/c1-20-13-16-29(51-20)32(45)39-27-11-7-5-3-4-6-9-22-18-36(22,35(47)42-52(48,49)24-14-15-24)41-31(44)28-17-23(19-43(28)34(27)46)50-33-21(2)38-26-12-8-10-25(37)30(26)40-33/h6,8-10,12-13,16,22-24,27-28H,3-5,7,11,14-15,17-19H2,1-2H3,(H,39,45)(H,41,44)(H,42,47)/b9-6-/t22?,23-,27+,28+,36-/m1/s1. The van der Waals surface area contributed by atoms with Gasteiger partial charge in [-0.05, 0) is 76.6 Å². The van der Waals surface area contributed by atoms with Crippen LogP contribution in [0.25, 0.3) is 11.0 Å². The lowest BCUT2D eigenvalue weighted by Gasteiger charge is -2.29. The molecule has 13 nitrogen and oxygen atoms in total. The first kappa shape index (κ1) is 35.9. The number of benzene rings is 1. The number of hydrogen-bond acceptors (Lipinski definition) is 10. The number of ether oxygens (including phenoxy) is 1. The van der Waals surface area contributed by atoms with Gasteiger partial charge in [-0.1, -0.05) is 31.1 Å². The molecular formula is C36H41FN6O7S2. The summed E-state index contributed by atoms with van der Waals surface area (Å²) in [7, 11) is -3.90. The van der Waals surface area contributed by atoms with Crippen molar-refractivity contribution >= 4 is 56.0 Å². The van der Waals surface area contributed by atoms with Crippen molar-refractivity contribution in [1.82, 2.24) is 30.2 Å². The van der Waals surface area contributed by atoms with Gasteiger partial charge in [-0.2, -0.15) is 0 Å². The molecule has 2 aromatic heterocycles. The topological polar surface area (TPSA) is 177 Å². The summed E-state index contributed by atoms with van der Waals surface area (Å²) in [6, 6.07) is 5.84. The zero-order valence-electron chi connectivity index (χ0n) is 28.9. The SMILES string of the molecule is Cc1ccc(C(=O)N[C@H]2CCCCC/C=C\C3C[C@@]3(C(=O)NS(=O)(=O)C3CC3)NC(=O)[C@@H]3C[C@@H](Oc4nc5c(F)cccc5nc4C)CN3C2=O)s1. The number of amides is 4. The summed E-state index contributed by atoms with van der Waals surface area (Å²) in [5, 5.41) is 5.11. The van der Waals surface area contributed by atoms with Gasteiger partial charge in [-0.25, -0.2) is 22.8 Å². The van der Waals surface area contributed by atoms with Crippen molar-refractivity contribution in [1.29, 1.82) is 0 Å². The number of fused-ring (bicyclic) bond motifs is 3. The number of hydrogen-bond donors (Lipinski definition) is 3. The number of nitrogens with one attached hydrogen (secondary N) is 3. The lowest BCUT2D eigenvalue weighted by atomic mass is 10.0. The summed E-state index contributed by atoms with van der Waals surface area (Å²) < 4.78 is 48.7. The number of para-hydroxylation sites is 1. The molecule has 1 saturated heterocycles. The number of carbonyl (C=O) groups is 4. The van der Waals surface area contributed by atoms with Gasteiger partial charge in [0.05, 0.1) is 22.2 Å². The molecule has 3 fully saturated rings. The molecule has 16 heteroatoms. The Balaban J connectivity index is 1.20. The van der Waals surface area contributed by atoms with Crippen LogP contribution in [-0.4, -0.2) is 82.4 Å². The summed E-state index contributed by atoms with van der Waals surface area (Å²) in [5.74, 6) is -3.34. The number of nitrogens with zero attached hydrogens (tertiary/aromatic N) is 3. The lowest BCUT2D eigenvalue weighted by Crippen LogP contribution is -2.58. The van der Waals surface area contributed by atoms with Gasteiger partial charge in [0.2, 0.25) is 27.7 Å². The van der Waals surface area contributed by atoms with Crippen molar-refractivity contribution in [3.63, 3.8) is 0 Å². The molecule has 0 radical (unpaired) electrons. The van der Waals surface area contributed by atoms with Gasteiger partial charge in [0.1, 0.15) is 34.9 Å². The molecule has 2 saturated carbocycles. The summed E-state index contributed by atoms with van der Waals surface area (Å²) >= 11 is 1.31. The molecular weight excluding hydrogens is 712 g/mol. The van der Waals surface area contributed by atoms with Crippen LogP contribution in [0.1, 0.15) is 78.0 Å². The number of halogens is 1. The monoisotopic (exact) mass is 752 g/mol. The number of sulfonamides is 1. The van der Waals surface area contributed by atoms with Crippen LogP contribution < -0.4 is 20.1 Å². The minimum Gasteiger partial charge on any atom is -0.471 e. The Bertz CT molecular complexity index is 2070. The van der Waals surface area contributed by atoms with Gasteiger partial charge in [0, 0.05) is 17.2 Å². The van der Waals surface area contributed by atoms with Gasteiger partial charge in [0.15, 0.2) is 5.82 Å². The van der Waals surface area contributed by atoms with Gasteiger partial charge in [0.25, 0.3) is 11.8 Å². The molecule has 3 aromatic rings. The Labute approximate surface area is 304 Å². The predicted molar refractivity (Wildman–Crippen MR) is 190 cm³/mol. The Kier molecular flexibility index (Phi) is 9.80. The maximum atomic E-state index is 14.7. The van der Waals surface area contributed by atoms with Crippen LogP contribution in [0, 0.1) is 25.6 Å². The van der Waals surface area contributed by atoms with Crippen LogP contribution in [0.4, 0.5) is 4.39 Å². The highest BCUT2D eigenvalue weighted by Gasteiger charge is 2.62. The molecule has 5 atom stereocenters. The first-order valence-electron chi connectivity index (χ1n) is 17.7.